The van der Waals surface area contributed by atoms with E-state index in [4.69, 9.17) is 9.39 Å². The highest BCUT2D eigenvalue weighted by atomic mass is 19.3. The summed E-state index contributed by atoms with van der Waals surface area (Å²) >= 11 is 0. The fraction of sp³-hybridized carbons (Fsp3) is 0.0714. The molecule has 6 heteroatoms. The highest BCUT2D eigenvalue weighted by molar-refractivity contribution is 6.53. The van der Waals surface area contributed by atoms with Gasteiger partial charge in [0.25, 0.3) is 0 Å². The number of fused-ring (bicyclic) bond motifs is 1. The van der Waals surface area contributed by atoms with Crippen LogP contribution in [0.5, 0.6) is 11.5 Å². The topological polar surface area (TPSA) is 21.5 Å². The van der Waals surface area contributed by atoms with Gasteiger partial charge in [-0.15, -0.1) is 0 Å². The lowest BCUT2D eigenvalue weighted by molar-refractivity contribution is -0.343. The number of hydrogen-bond acceptors (Lipinski definition) is 2. The van der Waals surface area contributed by atoms with Crippen LogP contribution in [0.15, 0.2) is 48.5 Å². The van der Waals surface area contributed by atoms with Gasteiger partial charge in [-0.25, -0.2) is 0 Å². The molecule has 0 fully saturated rings. The summed E-state index contributed by atoms with van der Waals surface area (Å²) in [7, 11) is -2.61. The third-order valence-corrected chi connectivity index (χ3v) is 3.16. The molecule has 1 aliphatic rings. The normalized spacial score (nSPS) is 15.8. The molecule has 0 saturated heterocycles. The van der Waals surface area contributed by atoms with Gasteiger partial charge in [0.2, 0.25) is 0 Å². The highest BCUT2D eigenvalue weighted by Crippen LogP contribution is 2.31. The lowest BCUT2D eigenvalue weighted by Gasteiger charge is -2.28. The van der Waals surface area contributed by atoms with Crippen molar-refractivity contribution in [3.8, 4) is 11.5 Å². The predicted molar refractivity (Wildman–Crippen MR) is 73.1 cm³/mol. The van der Waals surface area contributed by atoms with E-state index in [9.17, 15) is 8.63 Å². The molecular weight excluding hydrogens is 263 g/mol. The molecule has 3 nitrogen and oxygen atoms in total. The van der Waals surface area contributed by atoms with E-state index in [1.54, 1.807) is 42.5 Å². The van der Waals surface area contributed by atoms with E-state index in [2.05, 4.69) is 0 Å². The first-order valence-corrected chi connectivity index (χ1v) is 6.17. The molecule has 2 aromatic rings. The van der Waals surface area contributed by atoms with Crippen LogP contribution in [0.1, 0.15) is 5.56 Å². The summed E-state index contributed by atoms with van der Waals surface area (Å²) in [5.74, 6) is 0.810. The molecule has 3 rings (SSSR count). The van der Waals surface area contributed by atoms with Crippen LogP contribution >= 0.6 is 0 Å². The Morgan fingerprint density at radius 2 is 1.75 bits per heavy atom. The molecule has 1 aliphatic heterocycles. The van der Waals surface area contributed by atoms with Crippen molar-refractivity contribution in [3.63, 3.8) is 0 Å². The molecule has 0 bridgehead atoms. The minimum absolute atomic E-state index is 0.197. The maximum absolute atomic E-state index is 14.1. The van der Waals surface area contributed by atoms with E-state index < -0.39 is 7.04 Å². The molecule has 0 aromatic heterocycles. The number of nitrogens with zero attached hydrogens (tertiary/aromatic N) is 1. The van der Waals surface area contributed by atoms with E-state index >= 15 is 0 Å². The monoisotopic (exact) mass is 275 g/mol. The molecule has 0 amide bonds. The zero-order valence-corrected chi connectivity index (χ0v) is 10.8. The first-order valence-electron chi connectivity index (χ1n) is 6.17. The van der Waals surface area contributed by atoms with Crippen LogP contribution in [0.4, 0.5) is 14.3 Å². The molecule has 0 spiro atoms. The smallest absolute Gasteiger partial charge is 0.599 e. The average molecular weight is 275 g/mol. The van der Waals surface area contributed by atoms with Gasteiger partial charge in [0.15, 0.2) is 5.69 Å². The molecule has 0 aliphatic carbocycles. The number of rotatable bonds is 2. The second-order valence-corrected chi connectivity index (χ2v) is 4.45. The fourth-order valence-electron chi connectivity index (χ4n) is 2.14. The van der Waals surface area contributed by atoms with E-state index in [-0.39, 0.29) is 5.75 Å². The summed E-state index contributed by atoms with van der Waals surface area (Å²) in [6, 6.07) is 13.1. The summed E-state index contributed by atoms with van der Waals surface area (Å²) in [5.41, 5.74) is 0.974. The number of benzene rings is 2. The fourth-order valence-corrected chi connectivity index (χ4v) is 2.14. The summed E-state index contributed by atoms with van der Waals surface area (Å²) in [6.45, 7) is 0. The Kier molecular flexibility index (Phi) is 2.93. The van der Waals surface area contributed by atoms with Gasteiger partial charge in [0.05, 0.1) is 18.4 Å². The van der Waals surface area contributed by atoms with Crippen LogP contribution < -0.4 is 9.39 Å². The molecule has 0 atom stereocenters. The summed E-state index contributed by atoms with van der Waals surface area (Å²) in [4.78, 5) is 0. The maximum Gasteiger partial charge on any atom is 0.834 e. The van der Waals surface area contributed by atoms with Gasteiger partial charge in [-0.1, -0.05) is 12.1 Å². The molecule has 0 unspecified atom stereocenters. The minimum Gasteiger partial charge on any atom is -0.599 e. The van der Waals surface area contributed by atoms with Crippen LogP contribution in [-0.2, 0) is 0 Å². The van der Waals surface area contributed by atoms with E-state index in [0.717, 1.165) is 4.49 Å². The third-order valence-electron chi connectivity index (χ3n) is 3.16. The second kappa shape index (κ2) is 4.63. The Morgan fingerprint density at radius 3 is 2.45 bits per heavy atom. The zero-order valence-electron chi connectivity index (χ0n) is 10.8. The largest absolute Gasteiger partial charge is 0.834 e. The number of hydrogen-bond donors (Lipinski definition) is 0. The Labute approximate surface area is 115 Å². The highest BCUT2D eigenvalue weighted by Gasteiger charge is 2.49. The van der Waals surface area contributed by atoms with Crippen LogP contribution in [0, 0.1) is 0 Å². The molecule has 1 heterocycles. The van der Waals surface area contributed by atoms with Crippen molar-refractivity contribution in [2.45, 2.75) is 0 Å². The summed E-state index contributed by atoms with van der Waals surface area (Å²) in [6.07, 6.45) is 1.40. The standard InChI is InChI=1S/C14H12BF2NO2/c1-19-13-8-6-12(7-9-13)18-10-11-4-2-3-5-14(11)20-15(18,16)17/h2-10H,1H3. The molecule has 0 radical (unpaired) electrons. The van der Waals surface area contributed by atoms with Gasteiger partial charge in [-0.2, -0.15) is 0 Å². The van der Waals surface area contributed by atoms with E-state index in [1.165, 1.54) is 19.4 Å². The van der Waals surface area contributed by atoms with Crippen LogP contribution in [0.3, 0.4) is 0 Å². The molecule has 2 aromatic carbocycles. The van der Waals surface area contributed by atoms with Crippen molar-refractivity contribution in [1.29, 1.82) is 0 Å². The molecule has 20 heavy (non-hydrogen) atoms. The Bertz CT molecular complexity index is 671. The number of para-hydroxylation sites is 1. The SMILES string of the molecule is COc1ccc([N+]2=Cc3ccccc3O[B-]2(F)F)cc1. The van der Waals surface area contributed by atoms with Gasteiger partial charge in [-0.3, -0.25) is 0 Å². The molecule has 0 saturated carbocycles. The Balaban J connectivity index is 2.08. The predicted octanol–water partition coefficient (Wildman–Crippen LogP) is 3.23. The summed E-state index contributed by atoms with van der Waals surface area (Å²) in [5, 5.41) is 0. The lowest BCUT2D eigenvalue weighted by atomic mass is 9.98. The second-order valence-electron chi connectivity index (χ2n) is 4.45. The van der Waals surface area contributed by atoms with Crippen molar-refractivity contribution >= 4 is 18.9 Å². The average Bonchev–Trinajstić information content (AvgIpc) is 2.46. The lowest BCUT2D eigenvalue weighted by Crippen LogP contribution is -2.46. The first kappa shape index (κ1) is 12.7. The van der Waals surface area contributed by atoms with Crippen molar-refractivity contribution < 1.29 is 22.5 Å². The van der Waals surface area contributed by atoms with Crippen molar-refractivity contribution in [3.05, 3.63) is 54.1 Å². The van der Waals surface area contributed by atoms with Crippen molar-refractivity contribution in [1.82, 2.24) is 0 Å². The molecular formula is C14H12BF2NO2. The van der Waals surface area contributed by atoms with Gasteiger partial charge in [0.1, 0.15) is 12.0 Å². The van der Waals surface area contributed by atoms with Crippen LogP contribution in [0.2, 0.25) is 0 Å². The number of methoxy groups -OCH3 is 1. The molecule has 0 N–H and O–H groups in total. The first-order chi connectivity index (χ1) is 9.60. The van der Waals surface area contributed by atoms with Gasteiger partial charge in [0, 0.05) is 12.1 Å². The van der Waals surface area contributed by atoms with Gasteiger partial charge >= 0.3 is 7.04 Å². The van der Waals surface area contributed by atoms with Gasteiger partial charge in [-0.05, 0) is 24.3 Å². The zero-order chi connectivity index (χ0) is 14.2. The minimum atomic E-state index is -4.14. The van der Waals surface area contributed by atoms with Gasteiger partial charge < -0.3 is 22.5 Å². The summed E-state index contributed by atoms with van der Waals surface area (Å²) < 4.78 is 39.0. The number of ether oxygens (including phenoxy) is 1. The van der Waals surface area contributed by atoms with E-state index in [1.807, 2.05) is 0 Å². The Morgan fingerprint density at radius 1 is 1.05 bits per heavy atom. The third kappa shape index (κ3) is 2.13. The van der Waals surface area contributed by atoms with Crippen molar-refractivity contribution in [2.24, 2.45) is 0 Å². The quantitative estimate of drug-likeness (QED) is 0.785. The van der Waals surface area contributed by atoms with E-state index in [0.29, 0.717) is 17.0 Å². The number of halogens is 2. The maximum atomic E-state index is 14.1. The van der Waals surface area contributed by atoms with Crippen LogP contribution in [0.25, 0.3) is 0 Å². The van der Waals surface area contributed by atoms with Crippen molar-refractivity contribution in [2.75, 3.05) is 7.11 Å². The van der Waals surface area contributed by atoms with Crippen LogP contribution in [-0.4, -0.2) is 24.8 Å². The Hall–Kier alpha value is -2.37. The molecule has 102 valence electrons.